The highest BCUT2D eigenvalue weighted by Crippen LogP contribution is 2.34. The van der Waals surface area contributed by atoms with Crippen LogP contribution in [0.5, 0.6) is 5.75 Å². The number of carboxylic acids is 1. The molecule has 0 radical (unpaired) electrons. The second kappa shape index (κ2) is 9.80. The van der Waals surface area contributed by atoms with Gasteiger partial charge in [0.05, 0.1) is 23.4 Å². The average Bonchev–Trinajstić information content (AvgIpc) is 2.90. The van der Waals surface area contributed by atoms with Crippen LogP contribution in [0, 0.1) is 0 Å². The van der Waals surface area contributed by atoms with Crippen molar-refractivity contribution in [2.75, 3.05) is 12.9 Å². The van der Waals surface area contributed by atoms with Crippen LogP contribution in [0.1, 0.15) is 11.1 Å². The minimum Gasteiger partial charge on any atom is -0.497 e. The fourth-order valence-corrected chi connectivity index (χ4v) is 5.27. The van der Waals surface area contributed by atoms with Crippen LogP contribution in [-0.2, 0) is 22.6 Å². The molecule has 1 aliphatic heterocycles. The van der Waals surface area contributed by atoms with Crippen LogP contribution in [0.25, 0.3) is 22.0 Å². The standard InChI is InChI=1S/C28H24N2O4S/c1-34-21-11-12-22-23(18-7-3-2-4-8-18)15-26(29-24(22)14-21)35-17-27(31)30-16-20-10-6-5-9-19(20)13-25(30)28(32)33/h2-12,14-15,25H,13,16-17H2,1H3,(H,32,33). The lowest BCUT2D eigenvalue weighted by atomic mass is 9.94. The first-order valence-electron chi connectivity index (χ1n) is 11.3. The first kappa shape index (κ1) is 22.9. The maximum Gasteiger partial charge on any atom is 0.326 e. The summed E-state index contributed by atoms with van der Waals surface area (Å²) in [5.41, 5.74) is 4.82. The van der Waals surface area contributed by atoms with Gasteiger partial charge >= 0.3 is 5.97 Å². The summed E-state index contributed by atoms with van der Waals surface area (Å²) >= 11 is 1.32. The quantitative estimate of drug-likeness (QED) is 0.386. The van der Waals surface area contributed by atoms with Crippen molar-refractivity contribution in [2.45, 2.75) is 24.0 Å². The number of hydrogen-bond donors (Lipinski definition) is 1. The van der Waals surface area contributed by atoms with Crippen LogP contribution < -0.4 is 4.74 Å². The van der Waals surface area contributed by atoms with E-state index in [4.69, 9.17) is 9.72 Å². The van der Waals surface area contributed by atoms with Gasteiger partial charge in [-0.2, -0.15) is 0 Å². The number of carboxylic acid groups (broad SMARTS) is 1. The number of amides is 1. The van der Waals surface area contributed by atoms with Crippen LogP contribution in [0.15, 0.2) is 83.9 Å². The van der Waals surface area contributed by atoms with E-state index < -0.39 is 12.0 Å². The molecular formula is C28H24N2O4S. The summed E-state index contributed by atoms with van der Waals surface area (Å²) in [6.45, 7) is 0.296. The van der Waals surface area contributed by atoms with Gasteiger partial charge in [-0.3, -0.25) is 4.79 Å². The van der Waals surface area contributed by atoms with Crippen molar-refractivity contribution in [3.05, 3.63) is 90.0 Å². The van der Waals surface area contributed by atoms with Gasteiger partial charge in [-0.1, -0.05) is 66.4 Å². The second-order valence-corrected chi connectivity index (χ2v) is 9.39. The summed E-state index contributed by atoms with van der Waals surface area (Å²) in [5.74, 6) is -0.396. The number of aliphatic carboxylic acids is 1. The number of fused-ring (bicyclic) bond motifs is 2. The number of carbonyl (C=O) groups excluding carboxylic acids is 1. The second-order valence-electron chi connectivity index (χ2n) is 8.39. The molecule has 35 heavy (non-hydrogen) atoms. The number of aromatic nitrogens is 1. The number of pyridine rings is 1. The highest BCUT2D eigenvalue weighted by Gasteiger charge is 2.34. The van der Waals surface area contributed by atoms with Gasteiger partial charge in [0, 0.05) is 24.4 Å². The van der Waals surface area contributed by atoms with E-state index in [2.05, 4.69) is 0 Å². The van der Waals surface area contributed by atoms with Gasteiger partial charge in [0.1, 0.15) is 11.8 Å². The van der Waals surface area contributed by atoms with Gasteiger partial charge < -0.3 is 14.7 Å². The predicted molar refractivity (Wildman–Crippen MR) is 137 cm³/mol. The minimum atomic E-state index is -0.986. The number of nitrogens with zero attached hydrogens (tertiary/aromatic N) is 2. The van der Waals surface area contributed by atoms with Crippen molar-refractivity contribution in [2.24, 2.45) is 0 Å². The maximum atomic E-state index is 13.2. The fourth-order valence-electron chi connectivity index (χ4n) is 4.47. The lowest BCUT2D eigenvalue weighted by Crippen LogP contribution is -2.49. The monoisotopic (exact) mass is 484 g/mol. The van der Waals surface area contributed by atoms with Crippen molar-refractivity contribution >= 4 is 34.5 Å². The number of hydrogen-bond acceptors (Lipinski definition) is 5. The molecule has 1 N–H and O–H groups in total. The van der Waals surface area contributed by atoms with Crippen molar-refractivity contribution in [3.8, 4) is 16.9 Å². The first-order valence-corrected chi connectivity index (χ1v) is 12.3. The van der Waals surface area contributed by atoms with Crippen molar-refractivity contribution < 1.29 is 19.4 Å². The van der Waals surface area contributed by atoms with Crippen LogP contribution >= 0.6 is 11.8 Å². The van der Waals surface area contributed by atoms with E-state index >= 15 is 0 Å². The molecular weight excluding hydrogens is 460 g/mol. The molecule has 0 saturated heterocycles. The van der Waals surface area contributed by atoms with E-state index in [0.717, 1.165) is 33.2 Å². The Bertz CT molecular complexity index is 1410. The molecule has 0 fully saturated rings. The molecule has 1 aromatic heterocycles. The summed E-state index contributed by atoms with van der Waals surface area (Å²) < 4.78 is 5.39. The highest BCUT2D eigenvalue weighted by molar-refractivity contribution is 7.99. The molecule has 0 bridgehead atoms. The first-order chi connectivity index (χ1) is 17.0. The summed E-state index contributed by atoms with van der Waals surface area (Å²) in [5, 5.41) is 11.5. The summed E-state index contributed by atoms with van der Waals surface area (Å²) in [6.07, 6.45) is 0.314. The van der Waals surface area contributed by atoms with Gasteiger partial charge in [-0.15, -0.1) is 0 Å². The summed E-state index contributed by atoms with van der Waals surface area (Å²) in [6, 6.07) is 24.6. The van der Waals surface area contributed by atoms with Crippen LogP contribution in [0.3, 0.4) is 0 Å². The minimum absolute atomic E-state index is 0.0999. The largest absolute Gasteiger partial charge is 0.497 e. The Morgan fingerprint density at radius 1 is 1.03 bits per heavy atom. The number of benzene rings is 3. The average molecular weight is 485 g/mol. The Morgan fingerprint density at radius 3 is 2.51 bits per heavy atom. The lowest BCUT2D eigenvalue weighted by molar-refractivity contribution is -0.150. The van der Waals surface area contributed by atoms with E-state index in [-0.39, 0.29) is 11.7 Å². The zero-order valence-electron chi connectivity index (χ0n) is 19.2. The van der Waals surface area contributed by atoms with Crippen molar-refractivity contribution in [1.82, 2.24) is 9.88 Å². The summed E-state index contributed by atoms with van der Waals surface area (Å²) in [4.78, 5) is 31.4. The summed E-state index contributed by atoms with van der Waals surface area (Å²) in [7, 11) is 1.62. The molecule has 2 heterocycles. The topological polar surface area (TPSA) is 79.7 Å². The zero-order valence-corrected chi connectivity index (χ0v) is 20.0. The Labute approximate surface area is 207 Å². The smallest absolute Gasteiger partial charge is 0.326 e. The van der Waals surface area contributed by atoms with E-state index in [0.29, 0.717) is 23.7 Å². The third-order valence-electron chi connectivity index (χ3n) is 6.28. The molecule has 3 aromatic carbocycles. The molecule has 0 aliphatic carbocycles. The molecule has 1 amide bonds. The Kier molecular flexibility index (Phi) is 6.42. The number of ether oxygens (including phenoxy) is 1. The van der Waals surface area contributed by atoms with E-state index in [9.17, 15) is 14.7 Å². The molecule has 176 valence electrons. The molecule has 1 aliphatic rings. The predicted octanol–water partition coefficient (Wildman–Crippen LogP) is 5.04. The molecule has 6 nitrogen and oxygen atoms in total. The molecule has 5 rings (SSSR count). The third kappa shape index (κ3) is 4.72. The van der Waals surface area contributed by atoms with Gasteiger partial charge in [-0.05, 0) is 40.5 Å². The van der Waals surface area contributed by atoms with Crippen LogP contribution in [-0.4, -0.2) is 45.8 Å². The molecule has 1 unspecified atom stereocenters. The zero-order chi connectivity index (χ0) is 24.4. The van der Waals surface area contributed by atoms with Crippen LogP contribution in [0.4, 0.5) is 0 Å². The van der Waals surface area contributed by atoms with Crippen molar-refractivity contribution in [3.63, 3.8) is 0 Å². The maximum absolute atomic E-state index is 13.2. The van der Waals surface area contributed by atoms with E-state index in [1.54, 1.807) is 7.11 Å². The molecule has 1 atom stereocenters. The highest BCUT2D eigenvalue weighted by atomic mass is 32.2. The van der Waals surface area contributed by atoms with E-state index in [1.807, 2.05) is 78.9 Å². The van der Waals surface area contributed by atoms with Gasteiger partial charge in [0.2, 0.25) is 5.91 Å². The lowest BCUT2D eigenvalue weighted by Gasteiger charge is -2.34. The molecule has 0 saturated carbocycles. The van der Waals surface area contributed by atoms with E-state index in [1.165, 1.54) is 16.7 Å². The number of rotatable bonds is 6. The third-order valence-corrected chi connectivity index (χ3v) is 7.17. The number of thioether (sulfide) groups is 1. The van der Waals surface area contributed by atoms with Gasteiger partial charge in [0.25, 0.3) is 0 Å². The Hall–Kier alpha value is -3.84. The number of methoxy groups -OCH3 is 1. The Balaban J connectivity index is 1.43. The van der Waals surface area contributed by atoms with Gasteiger partial charge in [0.15, 0.2) is 0 Å². The molecule has 4 aromatic rings. The normalized spacial score (nSPS) is 15.0. The SMILES string of the molecule is COc1ccc2c(-c3ccccc3)cc(SCC(=O)N3Cc4ccccc4CC3C(=O)O)nc2c1. The fraction of sp³-hybridized carbons (Fsp3) is 0.179. The molecule has 0 spiro atoms. The molecule has 7 heteroatoms. The number of carbonyl (C=O) groups is 2. The van der Waals surface area contributed by atoms with Gasteiger partial charge in [-0.25, -0.2) is 9.78 Å². The van der Waals surface area contributed by atoms with Crippen LogP contribution in [0.2, 0.25) is 0 Å². The van der Waals surface area contributed by atoms with Crippen molar-refractivity contribution in [1.29, 1.82) is 0 Å². The Morgan fingerprint density at radius 2 is 1.77 bits per heavy atom.